The van der Waals surface area contributed by atoms with E-state index in [4.69, 9.17) is 0 Å². The van der Waals surface area contributed by atoms with E-state index >= 15 is 0 Å². The van der Waals surface area contributed by atoms with Crippen LogP contribution in [0, 0.1) is 13.8 Å². The molecule has 14 heavy (non-hydrogen) atoms. The molecule has 1 nitrogen and oxygen atoms in total. The van der Waals surface area contributed by atoms with Crippen LogP contribution in [-0.2, 0) is 0 Å². The third-order valence-electron chi connectivity index (χ3n) is 2.19. The number of para-hydroxylation sites is 1. The van der Waals surface area contributed by atoms with Gasteiger partial charge in [-0.3, -0.25) is 4.98 Å². The quantitative estimate of drug-likeness (QED) is 0.610. The number of fused-ring (bicyclic) bond motifs is 1. The fourth-order valence-corrected chi connectivity index (χ4v) is 1.46. The molecular formula is C13H17N. The molecule has 0 aliphatic carbocycles. The third-order valence-corrected chi connectivity index (χ3v) is 2.19. The zero-order valence-electron chi connectivity index (χ0n) is 9.33. The molecule has 1 aromatic carbocycles. The van der Waals surface area contributed by atoms with Gasteiger partial charge in [-0.1, -0.05) is 32.0 Å². The van der Waals surface area contributed by atoms with Crippen LogP contribution in [0.2, 0.25) is 0 Å². The van der Waals surface area contributed by atoms with Gasteiger partial charge in [0.1, 0.15) is 0 Å². The highest BCUT2D eigenvalue weighted by molar-refractivity contribution is 5.84. The Kier molecular flexibility index (Phi) is 3.63. The summed E-state index contributed by atoms with van der Waals surface area (Å²) in [4.78, 5) is 4.34. The van der Waals surface area contributed by atoms with E-state index in [1.807, 2.05) is 26.1 Å². The summed E-state index contributed by atoms with van der Waals surface area (Å²) in [7, 11) is 0. The molecular weight excluding hydrogens is 170 g/mol. The molecule has 0 radical (unpaired) electrons. The van der Waals surface area contributed by atoms with E-state index in [0.29, 0.717) is 0 Å². The van der Waals surface area contributed by atoms with Crippen LogP contribution in [0.3, 0.4) is 0 Å². The molecule has 0 atom stereocenters. The minimum atomic E-state index is 1.12. The number of benzene rings is 1. The highest BCUT2D eigenvalue weighted by atomic mass is 14.6. The molecule has 0 saturated heterocycles. The van der Waals surface area contributed by atoms with Crippen molar-refractivity contribution < 1.29 is 0 Å². The summed E-state index contributed by atoms with van der Waals surface area (Å²) in [6, 6.07) is 8.33. The van der Waals surface area contributed by atoms with Gasteiger partial charge in [0.15, 0.2) is 0 Å². The molecule has 1 heterocycles. The Labute approximate surface area is 85.8 Å². The Hall–Kier alpha value is -1.37. The van der Waals surface area contributed by atoms with E-state index < -0.39 is 0 Å². The van der Waals surface area contributed by atoms with Gasteiger partial charge in [0.05, 0.1) is 5.52 Å². The second-order valence-electron chi connectivity index (χ2n) is 3.10. The van der Waals surface area contributed by atoms with Crippen LogP contribution in [0.5, 0.6) is 0 Å². The number of pyridine rings is 1. The molecule has 0 bridgehead atoms. The zero-order chi connectivity index (χ0) is 10.6. The number of hydrogen-bond acceptors (Lipinski definition) is 1. The molecule has 0 aliphatic heterocycles. The van der Waals surface area contributed by atoms with Crippen molar-refractivity contribution in [1.29, 1.82) is 0 Å². The highest BCUT2D eigenvalue weighted by Crippen LogP contribution is 2.18. The molecule has 0 aliphatic rings. The van der Waals surface area contributed by atoms with Crippen molar-refractivity contribution in [3.05, 3.63) is 41.6 Å². The molecule has 74 valence electrons. The molecule has 0 saturated carbocycles. The standard InChI is InChI=1S/C11H11N.C2H6/c1-8-6-7-12-11-9(2)4-3-5-10(8)11;1-2/h3-7H,1-2H3;1-2H3. The number of hydrogen-bond donors (Lipinski definition) is 0. The topological polar surface area (TPSA) is 12.9 Å². The first-order valence-electron chi connectivity index (χ1n) is 5.10. The van der Waals surface area contributed by atoms with E-state index in [0.717, 1.165) is 5.52 Å². The number of aromatic nitrogens is 1. The van der Waals surface area contributed by atoms with E-state index in [-0.39, 0.29) is 0 Å². The van der Waals surface area contributed by atoms with E-state index in [2.05, 4.69) is 37.0 Å². The van der Waals surface area contributed by atoms with Crippen LogP contribution in [0.4, 0.5) is 0 Å². The van der Waals surface area contributed by atoms with Crippen molar-refractivity contribution in [2.24, 2.45) is 0 Å². The van der Waals surface area contributed by atoms with Gasteiger partial charge in [-0.25, -0.2) is 0 Å². The fourth-order valence-electron chi connectivity index (χ4n) is 1.46. The van der Waals surface area contributed by atoms with Gasteiger partial charge in [0.2, 0.25) is 0 Å². The molecule has 1 aromatic heterocycles. The SMILES string of the molecule is CC.Cc1ccnc2c(C)cccc12. The Morgan fingerprint density at radius 2 is 1.64 bits per heavy atom. The van der Waals surface area contributed by atoms with Crippen molar-refractivity contribution in [2.75, 3.05) is 0 Å². The second-order valence-corrected chi connectivity index (χ2v) is 3.10. The van der Waals surface area contributed by atoms with Crippen molar-refractivity contribution in [1.82, 2.24) is 4.98 Å². The first-order chi connectivity index (χ1) is 6.79. The molecule has 0 amide bonds. The minimum absolute atomic E-state index is 1.12. The predicted molar refractivity (Wildman–Crippen MR) is 62.6 cm³/mol. The van der Waals surface area contributed by atoms with Crippen LogP contribution in [0.1, 0.15) is 25.0 Å². The van der Waals surface area contributed by atoms with Gasteiger partial charge in [-0.05, 0) is 31.0 Å². The molecule has 0 unspecified atom stereocenters. The first-order valence-corrected chi connectivity index (χ1v) is 5.10. The van der Waals surface area contributed by atoms with Crippen molar-refractivity contribution in [3.8, 4) is 0 Å². The summed E-state index contributed by atoms with van der Waals surface area (Å²) in [5.41, 5.74) is 3.66. The summed E-state index contributed by atoms with van der Waals surface area (Å²) >= 11 is 0. The van der Waals surface area contributed by atoms with Gasteiger partial charge < -0.3 is 0 Å². The average Bonchev–Trinajstić information content (AvgIpc) is 2.23. The Bertz CT molecular complexity index is 377. The normalized spacial score (nSPS) is 9.43. The van der Waals surface area contributed by atoms with Crippen molar-refractivity contribution in [3.63, 3.8) is 0 Å². The van der Waals surface area contributed by atoms with Crippen LogP contribution in [0.15, 0.2) is 30.5 Å². The molecule has 0 fully saturated rings. The summed E-state index contributed by atoms with van der Waals surface area (Å²) in [5.74, 6) is 0. The highest BCUT2D eigenvalue weighted by Gasteiger charge is 1.98. The second kappa shape index (κ2) is 4.75. The molecule has 0 spiro atoms. The average molecular weight is 187 g/mol. The van der Waals surface area contributed by atoms with Crippen LogP contribution >= 0.6 is 0 Å². The number of aryl methyl sites for hydroxylation is 2. The van der Waals surface area contributed by atoms with Crippen LogP contribution in [0.25, 0.3) is 10.9 Å². The van der Waals surface area contributed by atoms with Crippen LogP contribution < -0.4 is 0 Å². The molecule has 1 heteroatoms. The lowest BCUT2D eigenvalue weighted by molar-refractivity contribution is 1.34. The Morgan fingerprint density at radius 1 is 0.929 bits per heavy atom. The summed E-state index contributed by atoms with van der Waals surface area (Å²) in [6.45, 7) is 8.21. The summed E-state index contributed by atoms with van der Waals surface area (Å²) in [6.07, 6.45) is 1.87. The maximum absolute atomic E-state index is 4.34. The van der Waals surface area contributed by atoms with Gasteiger partial charge in [-0.2, -0.15) is 0 Å². The van der Waals surface area contributed by atoms with E-state index in [9.17, 15) is 0 Å². The summed E-state index contributed by atoms with van der Waals surface area (Å²) in [5, 5.41) is 1.26. The van der Waals surface area contributed by atoms with E-state index in [1.165, 1.54) is 16.5 Å². The lowest BCUT2D eigenvalue weighted by atomic mass is 10.1. The van der Waals surface area contributed by atoms with Gasteiger partial charge >= 0.3 is 0 Å². The van der Waals surface area contributed by atoms with Crippen molar-refractivity contribution >= 4 is 10.9 Å². The van der Waals surface area contributed by atoms with Gasteiger partial charge in [-0.15, -0.1) is 0 Å². The van der Waals surface area contributed by atoms with E-state index in [1.54, 1.807) is 0 Å². The maximum atomic E-state index is 4.34. The Balaban J connectivity index is 0.000000461. The largest absolute Gasteiger partial charge is 0.256 e. The maximum Gasteiger partial charge on any atom is 0.0733 e. The minimum Gasteiger partial charge on any atom is -0.256 e. The van der Waals surface area contributed by atoms with Gasteiger partial charge in [0, 0.05) is 11.6 Å². The third kappa shape index (κ3) is 1.92. The number of rotatable bonds is 0. The summed E-state index contributed by atoms with van der Waals surface area (Å²) < 4.78 is 0. The van der Waals surface area contributed by atoms with Gasteiger partial charge in [0.25, 0.3) is 0 Å². The monoisotopic (exact) mass is 187 g/mol. The van der Waals surface area contributed by atoms with Crippen LogP contribution in [-0.4, -0.2) is 4.98 Å². The number of nitrogens with zero attached hydrogens (tertiary/aromatic N) is 1. The fraction of sp³-hybridized carbons (Fsp3) is 0.308. The predicted octanol–water partition coefficient (Wildman–Crippen LogP) is 3.88. The molecule has 0 N–H and O–H groups in total. The zero-order valence-corrected chi connectivity index (χ0v) is 9.33. The first kappa shape index (κ1) is 10.7. The van der Waals surface area contributed by atoms with Crippen molar-refractivity contribution in [2.45, 2.75) is 27.7 Å². The smallest absolute Gasteiger partial charge is 0.0733 e. The lowest BCUT2D eigenvalue weighted by Crippen LogP contribution is -1.84. The Morgan fingerprint density at radius 3 is 2.29 bits per heavy atom. The molecule has 2 rings (SSSR count). The lowest BCUT2D eigenvalue weighted by Gasteiger charge is -2.02. The molecule has 2 aromatic rings.